The number of methoxy groups -OCH3 is 2. The topological polar surface area (TPSA) is 40.0 Å². The zero-order valence-electron chi connectivity index (χ0n) is 18.1. The van der Waals surface area contributed by atoms with Crippen LogP contribution in [0.4, 0.5) is 0 Å². The Kier molecular flexibility index (Phi) is 7.32. The predicted octanol–water partition coefficient (Wildman–Crippen LogP) is 5.50. The van der Waals surface area contributed by atoms with Crippen LogP contribution in [0.15, 0.2) is 53.5 Å². The highest BCUT2D eigenvalue weighted by Gasteiger charge is 2.33. The average molecular weight is 396 g/mol. The van der Waals surface area contributed by atoms with E-state index in [1.165, 1.54) is 5.56 Å². The van der Waals surface area contributed by atoms with Gasteiger partial charge in [-0.05, 0) is 92.5 Å². The summed E-state index contributed by atoms with van der Waals surface area (Å²) in [7, 11) is 3.39. The maximum atomic E-state index is 5.96. The fourth-order valence-corrected chi connectivity index (χ4v) is 4.22. The molecular weight excluding hydrogens is 362 g/mol. The third kappa shape index (κ3) is 6.07. The largest absolute Gasteiger partial charge is 0.497 e. The molecule has 0 aromatic heterocycles. The molecule has 1 fully saturated rings. The minimum atomic E-state index is -0.0556. The van der Waals surface area contributed by atoms with Gasteiger partial charge in [0.05, 0.1) is 19.8 Å². The number of hydrogen-bond donors (Lipinski definition) is 0. The lowest BCUT2D eigenvalue weighted by atomic mass is 9.75. The number of hydrogen-bond acceptors (Lipinski definition) is 4. The van der Waals surface area contributed by atoms with Crippen LogP contribution in [0.2, 0.25) is 0 Å². The first-order chi connectivity index (χ1) is 14.0. The smallest absolute Gasteiger partial charge is 0.118 e. The fourth-order valence-electron chi connectivity index (χ4n) is 4.22. The molecule has 1 aliphatic heterocycles. The van der Waals surface area contributed by atoms with Gasteiger partial charge in [0.2, 0.25) is 0 Å². The Labute approximate surface area is 174 Å². The molecule has 0 radical (unpaired) electrons. The zero-order valence-corrected chi connectivity index (χ0v) is 18.1. The van der Waals surface area contributed by atoms with Crippen molar-refractivity contribution in [1.82, 2.24) is 0 Å². The van der Waals surface area contributed by atoms with E-state index in [1.807, 2.05) is 30.5 Å². The monoisotopic (exact) mass is 395 g/mol. The van der Waals surface area contributed by atoms with Gasteiger partial charge >= 0.3 is 0 Å². The maximum absolute atomic E-state index is 5.96. The Balaban J connectivity index is 1.69. The average Bonchev–Trinajstić information content (AvgIpc) is 2.73. The predicted molar refractivity (Wildman–Crippen MR) is 119 cm³/mol. The standard InChI is InChI=1S/C25H33NO3/c1-25(2)17-21(14-16-29-25)24(20-7-11-23(28-4)12-8-20)13-15-26-18-19-5-9-22(27-3)10-6-19/h5-12,18,21,24H,13-17H2,1-4H3/t21-,24+/m1/s1. The molecule has 4 nitrogen and oxygen atoms in total. The molecule has 0 spiro atoms. The highest BCUT2D eigenvalue weighted by atomic mass is 16.5. The van der Waals surface area contributed by atoms with E-state index in [0.29, 0.717) is 11.8 Å². The number of aliphatic imine (C=N–C) groups is 1. The van der Waals surface area contributed by atoms with Crippen LogP contribution in [0.3, 0.4) is 0 Å². The molecular formula is C25H33NO3. The quantitative estimate of drug-likeness (QED) is 0.554. The summed E-state index contributed by atoms with van der Waals surface area (Å²) >= 11 is 0. The van der Waals surface area contributed by atoms with Gasteiger partial charge in [-0.15, -0.1) is 0 Å². The Morgan fingerprint density at radius 1 is 1.03 bits per heavy atom. The van der Waals surface area contributed by atoms with Gasteiger partial charge in [0, 0.05) is 19.4 Å². The third-order valence-electron chi connectivity index (χ3n) is 5.77. The Morgan fingerprint density at radius 2 is 1.66 bits per heavy atom. The van der Waals surface area contributed by atoms with E-state index >= 15 is 0 Å². The summed E-state index contributed by atoms with van der Waals surface area (Å²) in [5, 5.41) is 0. The molecule has 0 amide bonds. The van der Waals surface area contributed by atoms with Crippen molar-refractivity contribution < 1.29 is 14.2 Å². The van der Waals surface area contributed by atoms with Crippen molar-refractivity contribution in [1.29, 1.82) is 0 Å². The first-order valence-corrected chi connectivity index (χ1v) is 10.4. The Bertz CT molecular complexity index is 781. The van der Waals surface area contributed by atoms with Crippen molar-refractivity contribution in [3.63, 3.8) is 0 Å². The Hall–Kier alpha value is -2.33. The first-order valence-electron chi connectivity index (χ1n) is 10.4. The molecule has 0 N–H and O–H groups in total. The van der Waals surface area contributed by atoms with Crippen molar-refractivity contribution in [2.24, 2.45) is 10.9 Å². The van der Waals surface area contributed by atoms with E-state index in [4.69, 9.17) is 19.2 Å². The van der Waals surface area contributed by atoms with E-state index in [-0.39, 0.29) is 5.60 Å². The molecule has 4 heteroatoms. The molecule has 29 heavy (non-hydrogen) atoms. The van der Waals surface area contributed by atoms with E-state index in [9.17, 15) is 0 Å². The lowest BCUT2D eigenvalue weighted by Gasteiger charge is -2.39. The van der Waals surface area contributed by atoms with Crippen LogP contribution in [-0.2, 0) is 4.74 Å². The molecule has 3 rings (SSSR count). The second kappa shape index (κ2) is 9.93. The van der Waals surface area contributed by atoms with Gasteiger partial charge in [-0.3, -0.25) is 4.99 Å². The summed E-state index contributed by atoms with van der Waals surface area (Å²) < 4.78 is 16.5. The van der Waals surface area contributed by atoms with Crippen molar-refractivity contribution >= 4 is 6.21 Å². The van der Waals surface area contributed by atoms with Gasteiger partial charge in [0.25, 0.3) is 0 Å². The summed E-state index contributed by atoms with van der Waals surface area (Å²) in [5.74, 6) is 2.83. The fraction of sp³-hybridized carbons (Fsp3) is 0.480. The molecule has 1 aliphatic rings. The number of ether oxygens (including phenoxy) is 3. The maximum Gasteiger partial charge on any atom is 0.118 e. The van der Waals surface area contributed by atoms with Crippen LogP contribution in [0.25, 0.3) is 0 Å². The van der Waals surface area contributed by atoms with Gasteiger partial charge in [0.1, 0.15) is 11.5 Å². The second-order valence-corrected chi connectivity index (χ2v) is 8.34. The van der Waals surface area contributed by atoms with Crippen molar-refractivity contribution in [3.05, 3.63) is 59.7 Å². The second-order valence-electron chi connectivity index (χ2n) is 8.34. The molecule has 2 atom stereocenters. The van der Waals surface area contributed by atoms with Crippen LogP contribution in [0.5, 0.6) is 11.5 Å². The van der Waals surface area contributed by atoms with Gasteiger partial charge < -0.3 is 14.2 Å². The van der Waals surface area contributed by atoms with E-state index < -0.39 is 0 Å². The van der Waals surface area contributed by atoms with E-state index in [0.717, 1.165) is 49.5 Å². The number of benzene rings is 2. The van der Waals surface area contributed by atoms with Crippen LogP contribution in [-0.4, -0.2) is 39.2 Å². The van der Waals surface area contributed by atoms with Gasteiger partial charge in [0.15, 0.2) is 0 Å². The Morgan fingerprint density at radius 3 is 2.24 bits per heavy atom. The van der Waals surface area contributed by atoms with Crippen molar-refractivity contribution in [2.75, 3.05) is 27.4 Å². The molecule has 0 saturated carbocycles. The van der Waals surface area contributed by atoms with Gasteiger partial charge in [-0.2, -0.15) is 0 Å². The lowest BCUT2D eigenvalue weighted by molar-refractivity contribution is -0.0771. The van der Waals surface area contributed by atoms with Crippen LogP contribution in [0, 0.1) is 5.92 Å². The molecule has 0 aliphatic carbocycles. The van der Waals surface area contributed by atoms with Crippen LogP contribution in [0.1, 0.15) is 50.2 Å². The normalized spacial score (nSPS) is 19.8. The summed E-state index contributed by atoms with van der Waals surface area (Å²) in [5.41, 5.74) is 2.41. The number of rotatable bonds is 8. The lowest BCUT2D eigenvalue weighted by Crippen LogP contribution is -2.36. The summed E-state index contributed by atoms with van der Waals surface area (Å²) in [4.78, 5) is 4.71. The summed E-state index contributed by atoms with van der Waals surface area (Å²) in [6, 6.07) is 16.5. The molecule has 2 aromatic rings. The highest BCUT2D eigenvalue weighted by Crippen LogP contribution is 2.40. The first kappa shape index (κ1) is 21.4. The van der Waals surface area contributed by atoms with Gasteiger partial charge in [-0.1, -0.05) is 12.1 Å². The molecule has 0 bridgehead atoms. The third-order valence-corrected chi connectivity index (χ3v) is 5.77. The summed E-state index contributed by atoms with van der Waals surface area (Å²) in [6.07, 6.45) is 5.16. The van der Waals surface area contributed by atoms with E-state index in [2.05, 4.69) is 38.1 Å². The zero-order chi connectivity index (χ0) is 20.7. The molecule has 0 unspecified atom stereocenters. The molecule has 2 aromatic carbocycles. The highest BCUT2D eigenvalue weighted by molar-refractivity contribution is 5.79. The molecule has 1 saturated heterocycles. The number of nitrogens with zero attached hydrogens (tertiary/aromatic N) is 1. The van der Waals surface area contributed by atoms with Crippen molar-refractivity contribution in [3.8, 4) is 11.5 Å². The minimum absolute atomic E-state index is 0.0556. The minimum Gasteiger partial charge on any atom is -0.497 e. The molecule has 156 valence electrons. The van der Waals surface area contributed by atoms with Crippen LogP contribution < -0.4 is 9.47 Å². The van der Waals surface area contributed by atoms with Gasteiger partial charge in [-0.25, -0.2) is 0 Å². The SMILES string of the molecule is COc1ccc(C=NCC[C@@H](c2ccc(OC)cc2)[C@@H]2CCOC(C)(C)C2)cc1. The summed E-state index contributed by atoms with van der Waals surface area (Å²) in [6.45, 7) is 6.04. The van der Waals surface area contributed by atoms with Crippen LogP contribution >= 0.6 is 0 Å². The van der Waals surface area contributed by atoms with Crippen molar-refractivity contribution in [2.45, 2.75) is 44.6 Å². The van der Waals surface area contributed by atoms with E-state index in [1.54, 1.807) is 14.2 Å². The molecule has 1 heterocycles.